The van der Waals surface area contributed by atoms with Gasteiger partial charge in [-0.3, -0.25) is 9.78 Å². The van der Waals surface area contributed by atoms with Gasteiger partial charge in [0.25, 0.3) is 5.91 Å². The Hall–Kier alpha value is -2.88. The number of rotatable bonds is 5. The Morgan fingerprint density at radius 1 is 1.15 bits per heavy atom. The molecule has 26 heavy (non-hydrogen) atoms. The molecule has 3 rings (SSSR count). The molecule has 3 aromatic rings. The smallest absolute Gasteiger partial charge is 0.256 e. The quantitative estimate of drug-likeness (QED) is 0.701. The molecule has 2 aromatic carbocycles. The van der Waals surface area contributed by atoms with Crippen molar-refractivity contribution in [3.8, 4) is 0 Å². The molecule has 1 heterocycles. The number of anilines is 2. The van der Waals surface area contributed by atoms with Gasteiger partial charge in [0.2, 0.25) is 0 Å². The van der Waals surface area contributed by atoms with E-state index in [4.69, 9.17) is 0 Å². The highest BCUT2D eigenvalue weighted by Gasteiger charge is 2.17. The van der Waals surface area contributed by atoms with Gasteiger partial charge in [0.1, 0.15) is 0 Å². The summed E-state index contributed by atoms with van der Waals surface area (Å²) in [7, 11) is 3.96. The fourth-order valence-electron chi connectivity index (χ4n) is 3.06. The van der Waals surface area contributed by atoms with Crippen molar-refractivity contribution in [2.75, 3.05) is 24.3 Å². The minimum atomic E-state index is -0.0952. The zero-order valence-corrected chi connectivity index (χ0v) is 15.8. The first-order valence-electron chi connectivity index (χ1n) is 8.97. The number of amides is 1. The van der Waals surface area contributed by atoms with E-state index in [2.05, 4.69) is 36.3 Å². The fraction of sp³-hybridized carbons (Fsp3) is 0.273. The Morgan fingerprint density at radius 3 is 2.65 bits per heavy atom. The maximum Gasteiger partial charge on any atom is 0.256 e. The standard InChI is InChI=1S/C22H25N3O/c1-5-15(2)18-12-11-17(25(3)4)14-19(18)22(26)24-20-10-6-8-16-9-7-13-23-21(16)20/h6-15H,5H2,1-4H3,(H,24,26). The monoisotopic (exact) mass is 347 g/mol. The number of pyridine rings is 1. The molecule has 134 valence electrons. The highest BCUT2D eigenvalue weighted by Crippen LogP contribution is 2.28. The van der Waals surface area contributed by atoms with E-state index >= 15 is 0 Å². The summed E-state index contributed by atoms with van der Waals surface area (Å²) in [5.41, 5.74) is 4.34. The van der Waals surface area contributed by atoms with E-state index in [1.165, 1.54) is 0 Å². The first kappa shape index (κ1) is 17.9. The van der Waals surface area contributed by atoms with Gasteiger partial charge in [-0.05, 0) is 42.2 Å². The van der Waals surface area contributed by atoms with Crippen LogP contribution in [0.25, 0.3) is 10.9 Å². The molecular formula is C22H25N3O. The third-order valence-electron chi connectivity index (χ3n) is 4.82. The zero-order chi connectivity index (χ0) is 18.7. The van der Waals surface area contributed by atoms with Gasteiger partial charge in [-0.25, -0.2) is 0 Å². The van der Waals surface area contributed by atoms with Crippen molar-refractivity contribution < 1.29 is 4.79 Å². The number of fused-ring (bicyclic) bond motifs is 1. The highest BCUT2D eigenvalue weighted by molar-refractivity contribution is 6.09. The maximum absolute atomic E-state index is 13.1. The molecule has 0 radical (unpaired) electrons. The topological polar surface area (TPSA) is 45.2 Å². The summed E-state index contributed by atoms with van der Waals surface area (Å²) in [5.74, 6) is 0.222. The largest absolute Gasteiger partial charge is 0.378 e. The minimum absolute atomic E-state index is 0.0952. The van der Waals surface area contributed by atoms with Gasteiger partial charge in [0.05, 0.1) is 11.2 Å². The SMILES string of the molecule is CCC(C)c1ccc(N(C)C)cc1C(=O)Nc1cccc2cccnc12. The molecule has 1 N–H and O–H groups in total. The van der Waals surface area contributed by atoms with Crippen molar-refractivity contribution in [2.45, 2.75) is 26.2 Å². The highest BCUT2D eigenvalue weighted by atomic mass is 16.1. The van der Waals surface area contributed by atoms with Gasteiger partial charge in [-0.1, -0.05) is 38.1 Å². The van der Waals surface area contributed by atoms with Crippen molar-refractivity contribution in [1.82, 2.24) is 4.98 Å². The van der Waals surface area contributed by atoms with Crippen molar-refractivity contribution >= 4 is 28.2 Å². The van der Waals surface area contributed by atoms with Crippen LogP contribution in [-0.2, 0) is 0 Å². The summed E-state index contributed by atoms with van der Waals surface area (Å²) < 4.78 is 0. The van der Waals surface area contributed by atoms with E-state index in [1.807, 2.05) is 55.4 Å². The van der Waals surface area contributed by atoms with Crippen LogP contribution in [0.4, 0.5) is 11.4 Å². The Bertz CT molecular complexity index is 928. The molecule has 0 saturated carbocycles. The second-order valence-electron chi connectivity index (χ2n) is 6.81. The fourth-order valence-corrected chi connectivity index (χ4v) is 3.06. The Balaban J connectivity index is 2.02. The van der Waals surface area contributed by atoms with Crippen LogP contribution in [0.1, 0.15) is 42.1 Å². The van der Waals surface area contributed by atoms with Crippen LogP contribution >= 0.6 is 0 Å². The summed E-state index contributed by atoms with van der Waals surface area (Å²) in [6.45, 7) is 4.29. The lowest BCUT2D eigenvalue weighted by molar-refractivity contribution is 0.102. The maximum atomic E-state index is 13.1. The van der Waals surface area contributed by atoms with E-state index in [0.29, 0.717) is 5.92 Å². The van der Waals surface area contributed by atoms with Crippen molar-refractivity contribution in [2.24, 2.45) is 0 Å². The first-order valence-corrected chi connectivity index (χ1v) is 8.97. The number of nitrogens with one attached hydrogen (secondary N) is 1. The van der Waals surface area contributed by atoms with Crippen LogP contribution < -0.4 is 10.2 Å². The molecule has 0 aliphatic rings. The predicted molar refractivity (Wildman–Crippen MR) is 109 cm³/mol. The lowest BCUT2D eigenvalue weighted by Gasteiger charge is -2.19. The molecule has 1 unspecified atom stereocenters. The number of para-hydroxylation sites is 1. The lowest BCUT2D eigenvalue weighted by atomic mass is 9.92. The zero-order valence-electron chi connectivity index (χ0n) is 15.8. The molecular weight excluding hydrogens is 322 g/mol. The van der Waals surface area contributed by atoms with Crippen molar-refractivity contribution in [3.63, 3.8) is 0 Å². The van der Waals surface area contributed by atoms with Gasteiger partial charge < -0.3 is 10.2 Å². The third kappa shape index (κ3) is 3.54. The Kier molecular flexibility index (Phi) is 5.21. The molecule has 0 spiro atoms. The summed E-state index contributed by atoms with van der Waals surface area (Å²) in [5, 5.41) is 4.08. The summed E-state index contributed by atoms with van der Waals surface area (Å²) in [4.78, 5) is 19.6. The summed E-state index contributed by atoms with van der Waals surface area (Å²) in [6, 6.07) is 15.8. The first-order chi connectivity index (χ1) is 12.5. The van der Waals surface area contributed by atoms with Gasteiger partial charge >= 0.3 is 0 Å². The number of hydrogen-bond acceptors (Lipinski definition) is 3. The molecule has 0 fully saturated rings. The van der Waals surface area contributed by atoms with Gasteiger partial charge in [-0.15, -0.1) is 0 Å². The lowest BCUT2D eigenvalue weighted by Crippen LogP contribution is -2.17. The number of aromatic nitrogens is 1. The molecule has 1 atom stereocenters. The number of carbonyl (C=O) groups is 1. The molecule has 1 aromatic heterocycles. The van der Waals surface area contributed by atoms with Crippen LogP contribution in [-0.4, -0.2) is 25.0 Å². The van der Waals surface area contributed by atoms with Crippen LogP contribution in [0.3, 0.4) is 0 Å². The molecule has 4 nitrogen and oxygen atoms in total. The minimum Gasteiger partial charge on any atom is -0.378 e. The molecule has 0 aliphatic carbocycles. The molecule has 0 aliphatic heterocycles. The Morgan fingerprint density at radius 2 is 1.92 bits per heavy atom. The number of hydrogen-bond donors (Lipinski definition) is 1. The summed E-state index contributed by atoms with van der Waals surface area (Å²) >= 11 is 0. The van der Waals surface area contributed by atoms with Gasteiger partial charge in [-0.2, -0.15) is 0 Å². The van der Waals surface area contributed by atoms with E-state index in [-0.39, 0.29) is 5.91 Å². The second-order valence-corrected chi connectivity index (χ2v) is 6.81. The van der Waals surface area contributed by atoms with E-state index in [0.717, 1.165) is 39.8 Å². The van der Waals surface area contributed by atoms with E-state index in [9.17, 15) is 4.79 Å². The van der Waals surface area contributed by atoms with Crippen LogP contribution in [0.5, 0.6) is 0 Å². The van der Waals surface area contributed by atoms with E-state index < -0.39 is 0 Å². The van der Waals surface area contributed by atoms with Crippen molar-refractivity contribution in [1.29, 1.82) is 0 Å². The third-order valence-corrected chi connectivity index (χ3v) is 4.82. The Labute approximate surface area is 154 Å². The number of nitrogens with zero attached hydrogens (tertiary/aromatic N) is 2. The molecule has 1 amide bonds. The van der Waals surface area contributed by atoms with Gasteiger partial charge in [0.15, 0.2) is 0 Å². The normalized spacial score (nSPS) is 12.0. The van der Waals surface area contributed by atoms with E-state index in [1.54, 1.807) is 6.20 Å². The summed E-state index contributed by atoms with van der Waals surface area (Å²) in [6.07, 6.45) is 2.73. The van der Waals surface area contributed by atoms with Gasteiger partial charge in [0, 0.05) is 36.9 Å². The average Bonchev–Trinajstić information content (AvgIpc) is 2.67. The van der Waals surface area contributed by atoms with Crippen LogP contribution in [0, 0.1) is 0 Å². The average molecular weight is 347 g/mol. The predicted octanol–water partition coefficient (Wildman–Crippen LogP) is 5.07. The molecule has 4 heteroatoms. The second kappa shape index (κ2) is 7.56. The number of benzene rings is 2. The molecule has 0 bridgehead atoms. The number of carbonyl (C=O) groups excluding carboxylic acids is 1. The van der Waals surface area contributed by atoms with Crippen LogP contribution in [0.2, 0.25) is 0 Å². The van der Waals surface area contributed by atoms with Crippen molar-refractivity contribution in [3.05, 3.63) is 65.9 Å². The van der Waals surface area contributed by atoms with Crippen LogP contribution in [0.15, 0.2) is 54.7 Å². The molecule has 0 saturated heterocycles.